The van der Waals surface area contributed by atoms with Crippen molar-refractivity contribution in [2.24, 2.45) is 0 Å². The lowest BCUT2D eigenvalue weighted by Gasteiger charge is -2.28. The van der Waals surface area contributed by atoms with Gasteiger partial charge in [-0.25, -0.2) is 4.79 Å². The van der Waals surface area contributed by atoms with Crippen molar-refractivity contribution in [3.05, 3.63) is 33.1 Å². The normalized spacial score (nSPS) is 34.1. The molecule has 11 nitrogen and oxygen atoms in total. The lowest BCUT2D eigenvalue weighted by Crippen LogP contribution is -2.45. The standard InChI is InChI=1S/C19H26N2O9/c1-18(2)25-9-10(28-18)13-14(15-16(27-13)30-19(3,4)29-15)26-12(23)6-8-21-7-5-11(22)20-17(21)24/h5,7,10,13-16H,6,8-9H2,1-4H3,(H,20,22,24)/t10-,13-,14+,15-,16-/m1/s1. The molecule has 0 radical (unpaired) electrons. The largest absolute Gasteiger partial charge is 0.456 e. The lowest BCUT2D eigenvalue weighted by atomic mass is 10.1. The van der Waals surface area contributed by atoms with Crippen molar-refractivity contribution >= 4 is 5.97 Å². The van der Waals surface area contributed by atoms with Gasteiger partial charge in [0.15, 0.2) is 30.1 Å². The molecule has 3 aliphatic heterocycles. The van der Waals surface area contributed by atoms with E-state index in [-0.39, 0.29) is 19.6 Å². The third-order valence-corrected chi connectivity index (χ3v) is 5.15. The van der Waals surface area contributed by atoms with Crippen LogP contribution in [-0.2, 0) is 39.8 Å². The predicted octanol–water partition coefficient (Wildman–Crippen LogP) is -0.134. The van der Waals surface area contributed by atoms with Gasteiger partial charge in [0.1, 0.15) is 12.2 Å². The van der Waals surface area contributed by atoms with E-state index in [0.29, 0.717) is 0 Å². The second-order valence-electron chi connectivity index (χ2n) is 8.44. The Morgan fingerprint density at radius 1 is 1.17 bits per heavy atom. The van der Waals surface area contributed by atoms with E-state index >= 15 is 0 Å². The summed E-state index contributed by atoms with van der Waals surface area (Å²) in [4.78, 5) is 37.6. The van der Waals surface area contributed by atoms with Gasteiger partial charge in [-0.3, -0.25) is 14.6 Å². The molecule has 1 N–H and O–H groups in total. The number of nitrogens with zero attached hydrogens (tertiary/aromatic N) is 1. The highest BCUT2D eigenvalue weighted by Gasteiger charge is 2.59. The Balaban J connectivity index is 1.45. The topological polar surface area (TPSA) is 127 Å². The molecule has 166 valence electrons. The molecule has 0 spiro atoms. The average molecular weight is 426 g/mol. The molecule has 1 aromatic heterocycles. The first-order valence-electron chi connectivity index (χ1n) is 9.85. The summed E-state index contributed by atoms with van der Waals surface area (Å²) in [5.74, 6) is -2.19. The highest BCUT2D eigenvalue weighted by molar-refractivity contribution is 5.69. The number of nitrogens with one attached hydrogen (secondary N) is 1. The third kappa shape index (κ3) is 4.35. The maximum atomic E-state index is 12.6. The van der Waals surface area contributed by atoms with Crippen molar-refractivity contribution in [3.8, 4) is 0 Å². The summed E-state index contributed by atoms with van der Waals surface area (Å²) in [5.41, 5.74) is -1.09. The summed E-state index contributed by atoms with van der Waals surface area (Å²) in [6, 6.07) is 1.21. The Bertz CT molecular complexity index is 921. The molecule has 0 aliphatic carbocycles. The number of carbonyl (C=O) groups is 1. The van der Waals surface area contributed by atoms with Crippen LogP contribution in [0, 0.1) is 0 Å². The van der Waals surface area contributed by atoms with Crippen molar-refractivity contribution in [3.63, 3.8) is 0 Å². The third-order valence-electron chi connectivity index (χ3n) is 5.15. The van der Waals surface area contributed by atoms with Crippen molar-refractivity contribution in [2.45, 2.75) is 82.9 Å². The van der Waals surface area contributed by atoms with E-state index in [1.54, 1.807) is 27.7 Å². The zero-order chi connectivity index (χ0) is 21.7. The number of aryl methyl sites for hydroxylation is 1. The van der Waals surface area contributed by atoms with Crippen molar-refractivity contribution in [1.29, 1.82) is 0 Å². The van der Waals surface area contributed by atoms with E-state index in [0.717, 1.165) is 0 Å². The minimum absolute atomic E-state index is 0.0553. The fourth-order valence-electron chi connectivity index (χ4n) is 3.86. The number of carbonyl (C=O) groups excluding carboxylic acids is 1. The van der Waals surface area contributed by atoms with Gasteiger partial charge in [-0.05, 0) is 27.7 Å². The molecule has 1 aromatic rings. The van der Waals surface area contributed by atoms with Crippen molar-refractivity contribution in [2.75, 3.05) is 6.61 Å². The molecule has 4 heterocycles. The summed E-state index contributed by atoms with van der Waals surface area (Å²) >= 11 is 0. The van der Waals surface area contributed by atoms with E-state index in [4.69, 9.17) is 28.4 Å². The molecule has 3 aliphatic rings. The molecule has 0 saturated carbocycles. The average Bonchev–Trinajstić information content (AvgIpc) is 3.24. The molecular weight excluding hydrogens is 400 g/mol. The first-order chi connectivity index (χ1) is 14.0. The molecule has 5 atom stereocenters. The molecule has 0 aromatic carbocycles. The predicted molar refractivity (Wildman–Crippen MR) is 99.4 cm³/mol. The van der Waals surface area contributed by atoms with Crippen LogP contribution in [0.25, 0.3) is 0 Å². The zero-order valence-electron chi connectivity index (χ0n) is 17.3. The van der Waals surface area contributed by atoms with E-state index in [2.05, 4.69) is 4.98 Å². The Morgan fingerprint density at radius 2 is 1.93 bits per heavy atom. The Hall–Kier alpha value is -2.05. The van der Waals surface area contributed by atoms with Gasteiger partial charge >= 0.3 is 11.7 Å². The molecule has 0 unspecified atom stereocenters. The number of rotatable bonds is 5. The minimum Gasteiger partial charge on any atom is -0.456 e. The first kappa shape index (κ1) is 21.2. The van der Waals surface area contributed by atoms with E-state index in [1.807, 2.05) is 0 Å². The van der Waals surface area contributed by atoms with E-state index < -0.39 is 59.5 Å². The van der Waals surface area contributed by atoms with Crippen LogP contribution in [0.2, 0.25) is 0 Å². The maximum Gasteiger partial charge on any atom is 0.328 e. The molecule has 3 saturated heterocycles. The van der Waals surface area contributed by atoms with Crippen LogP contribution in [-0.4, -0.2) is 64.4 Å². The van der Waals surface area contributed by atoms with Crippen LogP contribution in [0.1, 0.15) is 34.1 Å². The molecule has 0 amide bonds. The van der Waals surface area contributed by atoms with Crippen LogP contribution >= 0.6 is 0 Å². The molecule has 11 heteroatoms. The second kappa shape index (κ2) is 7.57. The number of hydrogen-bond acceptors (Lipinski definition) is 9. The number of ether oxygens (including phenoxy) is 6. The summed E-state index contributed by atoms with van der Waals surface area (Å²) in [6.07, 6.45) is -1.91. The number of hydrogen-bond donors (Lipinski definition) is 1. The summed E-state index contributed by atoms with van der Waals surface area (Å²) in [7, 11) is 0. The van der Waals surface area contributed by atoms with Gasteiger partial charge < -0.3 is 33.0 Å². The Morgan fingerprint density at radius 3 is 2.60 bits per heavy atom. The number of aromatic nitrogens is 2. The van der Waals surface area contributed by atoms with E-state index in [9.17, 15) is 14.4 Å². The molecule has 4 rings (SSSR count). The van der Waals surface area contributed by atoms with Gasteiger partial charge in [0.25, 0.3) is 5.56 Å². The minimum atomic E-state index is -0.875. The molecule has 30 heavy (non-hydrogen) atoms. The molecular formula is C19H26N2O9. The molecule has 3 fully saturated rings. The highest BCUT2D eigenvalue weighted by atomic mass is 16.8. The number of aromatic amines is 1. The van der Waals surface area contributed by atoms with Gasteiger partial charge in [0, 0.05) is 18.8 Å². The fraction of sp³-hybridized carbons (Fsp3) is 0.737. The second-order valence-corrected chi connectivity index (χ2v) is 8.44. The Kier molecular flexibility index (Phi) is 5.35. The SMILES string of the molecule is CC1(C)O[C@H]2O[C@H]([C@H]3COC(C)(C)O3)[C@H](OC(=O)CCn3ccc(=O)[nH]c3=O)[C@H]2O1. The monoisotopic (exact) mass is 426 g/mol. The van der Waals surface area contributed by atoms with Gasteiger partial charge in [0.05, 0.1) is 13.0 Å². The maximum absolute atomic E-state index is 12.6. The van der Waals surface area contributed by atoms with Crippen LogP contribution in [0.3, 0.4) is 0 Å². The van der Waals surface area contributed by atoms with Crippen LogP contribution in [0.4, 0.5) is 0 Å². The lowest BCUT2D eigenvalue weighted by molar-refractivity contribution is -0.235. The number of fused-ring (bicyclic) bond motifs is 1. The van der Waals surface area contributed by atoms with Gasteiger partial charge in [0.2, 0.25) is 0 Å². The first-order valence-corrected chi connectivity index (χ1v) is 9.85. The highest BCUT2D eigenvalue weighted by Crippen LogP contribution is 2.42. The van der Waals surface area contributed by atoms with Crippen molar-refractivity contribution < 1.29 is 33.2 Å². The summed E-state index contributed by atoms with van der Waals surface area (Å²) < 4.78 is 36.1. The smallest absolute Gasteiger partial charge is 0.328 e. The van der Waals surface area contributed by atoms with Crippen molar-refractivity contribution in [1.82, 2.24) is 9.55 Å². The van der Waals surface area contributed by atoms with Gasteiger partial charge in [-0.2, -0.15) is 0 Å². The van der Waals surface area contributed by atoms with E-state index in [1.165, 1.54) is 16.8 Å². The quantitative estimate of drug-likeness (QED) is 0.640. The van der Waals surface area contributed by atoms with Crippen LogP contribution in [0.15, 0.2) is 21.9 Å². The Labute approximate surface area is 172 Å². The van der Waals surface area contributed by atoms with Crippen LogP contribution < -0.4 is 11.2 Å². The fourth-order valence-corrected chi connectivity index (χ4v) is 3.86. The summed E-state index contributed by atoms with van der Waals surface area (Å²) in [5, 5.41) is 0. The van der Waals surface area contributed by atoms with Gasteiger partial charge in [-0.15, -0.1) is 0 Å². The zero-order valence-corrected chi connectivity index (χ0v) is 17.3. The number of esters is 1. The van der Waals surface area contributed by atoms with Gasteiger partial charge in [-0.1, -0.05) is 0 Å². The molecule has 0 bridgehead atoms. The van der Waals surface area contributed by atoms with Crippen LogP contribution in [0.5, 0.6) is 0 Å². The summed E-state index contributed by atoms with van der Waals surface area (Å²) in [6.45, 7) is 7.43. The number of H-pyrrole nitrogens is 1.